The summed E-state index contributed by atoms with van der Waals surface area (Å²) in [6.45, 7) is 9.34. The van der Waals surface area contributed by atoms with E-state index in [4.69, 9.17) is 4.42 Å². The van der Waals surface area contributed by atoms with E-state index in [-0.39, 0.29) is 51.0 Å². The predicted molar refractivity (Wildman–Crippen MR) is 121 cm³/mol. The average Bonchev–Trinajstić information content (AvgIpc) is 3.38. The number of fused-ring (bicyclic) bond motifs is 1. The van der Waals surface area contributed by atoms with Gasteiger partial charge < -0.3 is 29.2 Å². The van der Waals surface area contributed by atoms with Gasteiger partial charge in [0.15, 0.2) is 0 Å². The summed E-state index contributed by atoms with van der Waals surface area (Å²) < 4.78 is 5.22. The third-order valence-corrected chi connectivity index (χ3v) is 10.6. The summed E-state index contributed by atoms with van der Waals surface area (Å²) in [6, 6.07) is 21.6. The second kappa shape index (κ2) is 9.71. The number of benzene rings is 2. The van der Waals surface area contributed by atoms with E-state index >= 15 is 0 Å². The SMILES string of the molecule is CC1=C2c3cocc3C1[Si]2(C)C.Cc1cc2c(-c3ccccc3)cccc2[cH-]1.[Cl-].[Cl-].[Zr+3]. The van der Waals surface area contributed by atoms with Crippen molar-refractivity contribution in [2.45, 2.75) is 32.5 Å². The van der Waals surface area contributed by atoms with Gasteiger partial charge in [-0.15, -0.1) is 34.5 Å². The standard InChI is InChI=1S/C16H13.C10H12OSi.2ClH.Zr/c1-12-10-14-8-5-9-15(16(14)11-12)13-6-3-2-4-7-13;1-6-9-7-4-11-5-8(7)10(6)12(9,2)3;;;/h2-11H,1H3;4-5,9H,1-3H3;2*1H;/q-1;;;;+3/p-2. The van der Waals surface area contributed by atoms with Gasteiger partial charge in [-0.05, 0) is 17.7 Å². The first kappa shape index (κ1) is 26.0. The monoisotopic (exact) mass is 541 g/mol. The van der Waals surface area contributed by atoms with Crippen molar-refractivity contribution in [2.75, 3.05) is 0 Å². The Hall–Kier alpha value is -1.25. The fourth-order valence-electron chi connectivity index (χ4n) is 5.43. The van der Waals surface area contributed by atoms with E-state index in [1.807, 2.05) is 12.5 Å². The van der Waals surface area contributed by atoms with Gasteiger partial charge in [0.05, 0.1) is 20.6 Å². The smallest absolute Gasteiger partial charge is 1.00 e. The molecule has 7 rings (SSSR count). The van der Waals surface area contributed by atoms with Crippen LogP contribution in [0.5, 0.6) is 0 Å². The molecule has 0 spiro atoms. The quantitative estimate of drug-likeness (QED) is 0.262. The van der Waals surface area contributed by atoms with Crippen LogP contribution in [-0.4, -0.2) is 8.07 Å². The molecule has 1 unspecified atom stereocenters. The van der Waals surface area contributed by atoms with Gasteiger partial charge in [0.1, 0.15) is 0 Å². The minimum absolute atomic E-state index is 0. The van der Waals surface area contributed by atoms with Crippen LogP contribution in [0.25, 0.3) is 27.1 Å². The molecule has 157 valence electrons. The molecular formula is C26H25Cl2OSiZr. The first-order valence-electron chi connectivity index (χ1n) is 9.97. The molecule has 1 aliphatic carbocycles. The number of hydrogen-bond donors (Lipinski definition) is 0. The van der Waals surface area contributed by atoms with Gasteiger partial charge in [0.2, 0.25) is 0 Å². The second-order valence-electron chi connectivity index (χ2n) is 8.66. The third-order valence-electron chi connectivity index (χ3n) is 6.45. The Kier molecular flexibility index (Phi) is 8.15. The van der Waals surface area contributed by atoms with Gasteiger partial charge in [-0.2, -0.15) is 6.07 Å². The molecule has 5 heteroatoms. The van der Waals surface area contributed by atoms with E-state index in [0.717, 1.165) is 5.54 Å². The van der Waals surface area contributed by atoms with Crippen molar-refractivity contribution in [3.63, 3.8) is 0 Å². The van der Waals surface area contributed by atoms with Crippen molar-refractivity contribution in [1.82, 2.24) is 0 Å². The van der Waals surface area contributed by atoms with Crippen LogP contribution in [0.3, 0.4) is 0 Å². The van der Waals surface area contributed by atoms with Crippen LogP contribution in [0.4, 0.5) is 0 Å². The number of furan rings is 1. The van der Waals surface area contributed by atoms with E-state index in [0.29, 0.717) is 0 Å². The normalized spacial score (nSPS) is 16.7. The zero-order chi connectivity index (χ0) is 19.5. The van der Waals surface area contributed by atoms with E-state index in [2.05, 4.69) is 87.6 Å². The summed E-state index contributed by atoms with van der Waals surface area (Å²) in [6.07, 6.45) is 3.87. The summed E-state index contributed by atoms with van der Waals surface area (Å²) in [5, 5.41) is 4.35. The average molecular weight is 544 g/mol. The molecule has 31 heavy (non-hydrogen) atoms. The molecule has 0 fully saturated rings. The molecule has 0 amide bonds. The fourth-order valence-corrected chi connectivity index (χ4v) is 9.78. The molecule has 4 aromatic rings. The van der Waals surface area contributed by atoms with E-state index < -0.39 is 8.07 Å². The summed E-state index contributed by atoms with van der Waals surface area (Å²) in [7, 11) is -1.04. The van der Waals surface area contributed by atoms with Crippen molar-refractivity contribution in [3.8, 4) is 11.1 Å². The molecule has 3 aliphatic rings. The Morgan fingerprint density at radius 1 is 0.871 bits per heavy atom. The Morgan fingerprint density at radius 2 is 1.58 bits per heavy atom. The van der Waals surface area contributed by atoms with Crippen LogP contribution in [0.15, 0.2) is 83.2 Å². The van der Waals surface area contributed by atoms with Crippen molar-refractivity contribution in [2.24, 2.45) is 0 Å². The molecule has 1 radical (unpaired) electrons. The molecule has 0 saturated heterocycles. The van der Waals surface area contributed by atoms with Gasteiger partial charge in [0, 0.05) is 16.7 Å². The summed E-state index contributed by atoms with van der Waals surface area (Å²) >= 11 is 0. The topological polar surface area (TPSA) is 13.1 Å². The summed E-state index contributed by atoms with van der Waals surface area (Å²) in [5.74, 6) is 0. The number of hydrogen-bond acceptors (Lipinski definition) is 1. The van der Waals surface area contributed by atoms with Gasteiger partial charge >= 0.3 is 26.2 Å². The number of aryl methyl sites for hydroxylation is 1. The Bertz CT molecular complexity index is 1220. The fraction of sp³-hybridized carbons (Fsp3) is 0.192. The maximum Gasteiger partial charge on any atom is 3.00 e. The summed E-state index contributed by atoms with van der Waals surface area (Å²) in [4.78, 5) is 0. The van der Waals surface area contributed by atoms with Crippen LogP contribution in [0.2, 0.25) is 13.1 Å². The molecule has 2 bridgehead atoms. The van der Waals surface area contributed by atoms with Gasteiger partial charge in [-0.25, -0.2) is 0 Å². The van der Waals surface area contributed by atoms with Crippen LogP contribution in [0.1, 0.15) is 29.2 Å². The van der Waals surface area contributed by atoms with Gasteiger partial charge in [-0.1, -0.05) is 67.6 Å². The van der Waals surface area contributed by atoms with Gasteiger partial charge in [0.25, 0.3) is 0 Å². The minimum Gasteiger partial charge on any atom is -1.00 e. The first-order chi connectivity index (χ1) is 13.5. The van der Waals surface area contributed by atoms with Crippen molar-refractivity contribution >= 4 is 24.0 Å². The predicted octanol–water partition coefficient (Wildman–Crippen LogP) is 1.49. The maximum absolute atomic E-state index is 5.22. The molecule has 3 aromatic carbocycles. The molecule has 0 saturated carbocycles. The van der Waals surface area contributed by atoms with Crippen LogP contribution < -0.4 is 24.8 Å². The van der Waals surface area contributed by atoms with Gasteiger partial charge in [-0.3, -0.25) is 0 Å². The minimum atomic E-state index is -1.04. The Morgan fingerprint density at radius 3 is 2.23 bits per heavy atom. The number of rotatable bonds is 1. The molecule has 1 nitrogen and oxygen atoms in total. The largest absolute Gasteiger partial charge is 3.00 e. The number of allylic oxidation sites excluding steroid dienone is 1. The van der Waals surface area contributed by atoms with Crippen molar-refractivity contribution < 1.29 is 55.4 Å². The van der Waals surface area contributed by atoms with Crippen molar-refractivity contribution in [3.05, 3.63) is 95.5 Å². The molecule has 0 N–H and O–H groups in total. The molecule has 1 aromatic heterocycles. The second-order valence-corrected chi connectivity index (χ2v) is 13.2. The summed E-state index contributed by atoms with van der Waals surface area (Å²) in [5.41, 5.74) is 9.24. The van der Waals surface area contributed by atoms with E-state index in [9.17, 15) is 0 Å². The van der Waals surface area contributed by atoms with Crippen LogP contribution in [0, 0.1) is 6.92 Å². The number of halogens is 2. The van der Waals surface area contributed by atoms with Crippen LogP contribution >= 0.6 is 0 Å². The Labute approximate surface area is 217 Å². The molecular weight excluding hydrogens is 519 g/mol. The zero-order valence-corrected chi connectivity index (χ0v) is 23.1. The van der Waals surface area contributed by atoms with E-state index in [1.54, 1.807) is 10.8 Å². The first-order valence-corrected chi connectivity index (χ1v) is 13.1. The molecule has 2 aliphatic heterocycles. The zero-order valence-electron chi connectivity index (χ0n) is 18.2. The van der Waals surface area contributed by atoms with Crippen molar-refractivity contribution in [1.29, 1.82) is 0 Å². The molecule has 3 heterocycles. The Balaban J connectivity index is 0.000000207. The van der Waals surface area contributed by atoms with E-state index in [1.165, 1.54) is 38.6 Å². The third kappa shape index (κ3) is 4.11. The van der Waals surface area contributed by atoms with Crippen LogP contribution in [-0.2, 0) is 26.2 Å². The maximum atomic E-state index is 5.22. The molecule has 1 atom stereocenters.